The van der Waals surface area contributed by atoms with Crippen molar-refractivity contribution in [2.45, 2.75) is 26.3 Å². The van der Waals surface area contributed by atoms with Crippen LogP contribution in [0, 0.1) is 5.53 Å². The summed E-state index contributed by atoms with van der Waals surface area (Å²) < 4.78 is 4.69. The van der Waals surface area contributed by atoms with Gasteiger partial charge in [0.15, 0.2) is 0 Å². The first-order chi connectivity index (χ1) is 5.45. The molecule has 70 valence electrons. The minimum absolute atomic E-state index is 0.158. The number of carbonyl (C=O) groups excluding carboxylic acids is 1. The van der Waals surface area contributed by atoms with E-state index in [1.54, 1.807) is 0 Å². The fourth-order valence-electron chi connectivity index (χ4n) is 0.526. The number of amides is 1. The van der Waals surface area contributed by atoms with Crippen LogP contribution in [0.5, 0.6) is 0 Å². The molecular weight excluding hydrogens is 158 g/mol. The number of carbonyl (C=O) groups is 1. The molecule has 0 heterocycles. The Balaban J connectivity index is 3.53. The minimum atomic E-state index is -0.467. The molecule has 0 aliphatic heterocycles. The predicted octanol–water partition coefficient (Wildman–Crippen LogP) is 1.54. The lowest BCUT2D eigenvalue weighted by Crippen LogP contribution is -2.41. The molecular formula is C7H15N3O2. The van der Waals surface area contributed by atoms with Crippen molar-refractivity contribution in [3.05, 3.63) is 0 Å². The largest absolute Gasteiger partial charge is 0.448 e. The van der Waals surface area contributed by atoms with Gasteiger partial charge < -0.3 is 10.1 Å². The van der Waals surface area contributed by atoms with Crippen molar-refractivity contribution in [3.8, 4) is 0 Å². The van der Waals surface area contributed by atoms with Crippen LogP contribution in [-0.4, -0.2) is 24.8 Å². The molecule has 1 amide bonds. The Kier molecular flexibility index (Phi) is 4.25. The Bertz CT molecular complexity index is 163. The first kappa shape index (κ1) is 10.9. The van der Waals surface area contributed by atoms with Gasteiger partial charge in [0.25, 0.3) is 0 Å². The van der Waals surface area contributed by atoms with E-state index in [0.29, 0.717) is 0 Å². The van der Waals surface area contributed by atoms with Crippen LogP contribution in [0.1, 0.15) is 20.8 Å². The lowest BCUT2D eigenvalue weighted by atomic mass is 10.1. The molecule has 2 N–H and O–H groups in total. The van der Waals surface area contributed by atoms with E-state index in [4.69, 9.17) is 10.3 Å². The van der Waals surface area contributed by atoms with Crippen LogP contribution in [0.15, 0.2) is 5.11 Å². The van der Waals surface area contributed by atoms with Crippen LogP contribution in [-0.2, 0) is 4.74 Å². The summed E-state index contributed by atoms with van der Waals surface area (Å²) in [5.74, 6) is 0. The molecule has 0 radical (unpaired) electrons. The molecule has 0 saturated heterocycles. The van der Waals surface area contributed by atoms with Crippen molar-refractivity contribution in [2.24, 2.45) is 5.11 Å². The number of nitrogens with zero attached hydrogens (tertiary/aromatic N) is 1. The highest BCUT2D eigenvalue weighted by molar-refractivity contribution is 5.67. The first-order valence-electron chi connectivity index (χ1n) is 3.74. The molecule has 0 bridgehead atoms. The second-order valence-electron chi connectivity index (χ2n) is 3.39. The molecule has 0 aromatic heterocycles. The number of hydrogen-bond donors (Lipinski definition) is 2. The summed E-state index contributed by atoms with van der Waals surface area (Å²) in [6.07, 6.45) is -0.467. The van der Waals surface area contributed by atoms with E-state index in [1.807, 2.05) is 20.8 Å². The molecule has 0 spiro atoms. The minimum Gasteiger partial charge on any atom is -0.448 e. The van der Waals surface area contributed by atoms with Crippen molar-refractivity contribution >= 4 is 6.09 Å². The van der Waals surface area contributed by atoms with Gasteiger partial charge in [0.2, 0.25) is 0 Å². The molecule has 5 heteroatoms. The molecule has 12 heavy (non-hydrogen) atoms. The normalized spacial score (nSPS) is 10.6. The van der Waals surface area contributed by atoms with E-state index >= 15 is 0 Å². The summed E-state index contributed by atoms with van der Waals surface area (Å²) in [5, 5.41) is 5.66. The Morgan fingerprint density at radius 3 is 2.58 bits per heavy atom. The average molecular weight is 173 g/mol. The highest BCUT2D eigenvalue weighted by Gasteiger charge is 2.13. The SMILES string of the molecule is CC(C)(C)NC(=O)OCCN=N. The van der Waals surface area contributed by atoms with Gasteiger partial charge in [0, 0.05) is 5.54 Å². The highest BCUT2D eigenvalue weighted by atomic mass is 16.5. The van der Waals surface area contributed by atoms with Crippen LogP contribution < -0.4 is 5.32 Å². The molecule has 0 fully saturated rings. The number of hydrogen-bond acceptors (Lipinski definition) is 4. The van der Waals surface area contributed by atoms with Crippen LogP contribution in [0.3, 0.4) is 0 Å². The third-order valence-electron chi connectivity index (χ3n) is 0.913. The molecule has 0 aromatic rings. The quantitative estimate of drug-likeness (QED) is 0.501. The highest BCUT2D eigenvalue weighted by Crippen LogP contribution is 1.98. The van der Waals surface area contributed by atoms with E-state index < -0.39 is 6.09 Å². The van der Waals surface area contributed by atoms with Crippen LogP contribution in [0.2, 0.25) is 0 Å². The molecule has 0 saturated carbocycles. The molecule has 0 aromatic carbocycles. The summed E-state index contributed by atoms with van der Waals surface area (Å²) in [6, 6.07) is 0. The Hall–Kier alpha value is -1.13. The maximum Gasteiger partial charge on any atom is 0.407 e. The standard InChI is InChI=1S/C7H15N3O2/c1-7(2,3)10-6(11)12-5-4-9-8/h8H,4-5H2,1-3H3,(H,10,11). The Morgan fingerprint density at radius 2 is 2.17 bits per heavy atom. The van der Waals surface area contributed by atoms with Gasteiger partial charge in [-0.05, 0) is 20.8 Å². The van der Waals surface area contributed by atoms with Gasteiger partial charge in [0.1, 0.15) is 6.61 Å². The molecule has 5 nitrogen and oxygen atoms in total. The van der Waals surface area contributed by atoms with Gasteiger partial charge in [-0.2, -0.15) is 5.11 Å². The maximum atomic E-state index is 10.9. The van der Waals surface area contributed by atoms with Gasteiger partial charge in [-0.25, -0.2) is 10.3 Å². The smallest absolute Gasteiger partial charge is 0.407 e. The topological polar surface area (TPSA) is 74.5 Å². The van der Waals surface area contributed by atoms with E-state index in [2.05, 4.69) is 10.4 Å². The summed E-state index contributed by atoms with van der Waals surface area (Å²) in [5.41, 5.74) is 6.16. The molecule has 0 atom stereocenters. The summed E-state index contributed by atoms with van der Waals surface area (Å²) in [6.45, 7) is 5.97. The van der Waals surface area contributed by atoms with E-state index in [1.165, 1.54) is 0 Å². The number of alkyl carbamates (subject to hydrolysis) is 1. The number of rotatable bonds is 3. The fraction of sp³-hybridized carbons (Fsp3) is 0.857. The molecule has 0 aliphatic carbocycles. The summed E-state index contributed by atoms with van der Waals surface area (Å²) >= 11 is 0. The van der Waals surface area contributed by atoms with Gasteiger partial charge in [-0.1, -0.05) is 0 Å². The zero-order chi connectivity index (χ0) is 9.61. The average Bonchev–Trinajstić information content (AvgIpc) is 1.84. The number of nitrogens with one attached hydrogen (secondary N) is 2. The zero-order valence-corrected chi connectivity index (χ0v) is 7.68. The fourth-order valence-corrected chi connectivity index (χ4v) is 0.526. The van der Waals surface area contributed by atoms with Crippen LogP contribution in [0.4, 0.5) is 4.79 Å². The van der Waals surface area contributed by atoms with E-state index in [0.717, 1.165) is 0 Å². The van der Waals surface area contributed by atoms with Crippen LogP contribution in [0.25, 0.3) is 0 Å². The van der Waals surface area contributed by atoms with Gasteiger partial charge >= 0.3 is 6.09 Å². The number of ether oxygens (including phenoxy) is 1. The van der Waals surface area contributed by atoms with Crippen molar-refractivity contribution in [1.82, 2.24) is 5.32 Å². The zero-order valence-electron chi connectivity index (χ0n) is 7.68. The van der Waals surface area contributed by atoms with Crippen molar-refractivity contribution in [1.29, 1.82) is 5.53 Å². The maximum absolute atomic E-state index is 10.9. The van der Waals surface area contributed by atoms with Gasteiger partial charge in [0.05, 0.1) is 6.54 Å². The second-order valence-corrected chi connectivity index (χ2v) is 3.39. The lowest BCUT2D eigenvalue weighted by molar-refractivity contribution is 0.140. The van der Waals surface area contributed by atoms with Crippen LogP contribution >= 0.6 is 0 Å². The predicted molar refractivity (Wildman–Crippen MR) is 44.3 cm³/mol. The summed E-state index contributed by atoms with van der Waals surface area (Å²) in [7, 11) is 0. The monoisotopic (exact) mass is 173 g/mol. The first-order valence-corrected chi connectivity index (χ1v) is 3.74. The van der Waals surface area contributed by atoms with Gasteiger partial charge in [-0.15, -0.1) is 0 Å². The molecule has 0 unspecified atom stereocenters. The Morgan fingerprint density at radius 1 is 1.58 bits per heavy atom. The van der Waals surface area contributed by atoms with E-state index in [-0.39, 0.29) is 18.7 Å². The summed E-state index contributed by atoms with van der Waals surface area (Å²) in [4.78, 5) is 10.9. The van der Waals surface area contributed by atoms with Crippen molar-refractivity contribution in [2.75, 3.05) is 13.2 Å². The third kappa shape index (κ3) is 6.98. The van der Waals surface area contributed by atoms with E-state index in [9.17, 15) is 4.79 Å². The van der Waals surface area contributed by atoms with Crippen molar-refractivity contribution in [3.63, 3.8) is 0 Å². The van der Waals surface area contributed by atoms with Crippen molar-refractivity contribution < 1.29 is 9.53 Å². The Labute approximate surface area is 72.0 Å². The lowest BCUT2D eigenvalue weighted by Gasteiger charge is -2.19. The second kappa shape index (κ2) is 4.69. The third-order valence-corrected chi connectivity index (χ3v) is 0.913. The van der Waals surface area contributed by atoms with Gasteiger partial charge in [-0.3, -0.25) is 0 Å². The molecule has 0 rings (SSSR count). The molecule has 0 aliphatic rings.